The van der Waals surface area contributed by atoms with Crippen LogP contribution in [0.5, 0.6) is 0 Å². The van der Waals surface area contributed by atoms with Gasteiger partial charge in [0, 0.05) is 27.2 Å². The molecule has 2 atom stereocenters. The topological polar surface area (TPSA) is 60.9 Å². The van der Waals surface area contributed by atoms with E-state index in [2.05, 4.69) is 0 Å². The molecule has 1 aliphatic rings. The highest BCUT2D eigenvalue weighted by Gasteiger charge is 2.31. The van der Waals surface area contributed by atoms with Crippen LogP contribution >= 0.6 is 0 Å². The second kappa shape index (κ2) is 6.13. The molecule has 0 saturated heterocycles. The predicted molar refractivity (Wildman–Crippen MR) is 67.8 cm³/mol. The molecule has 0 aromatic carbocycles. The Kier molecular flexibility index (Phi) is 5.37. The van der Waals surface area contributed by atoms with Crippen molar-refractivity contribution in [2.75, 3.05) is 27.2 Å². The highest BCUT2D eigenvalue weighted by atomic mass is 32.2. The van der Waals surface area contributed by atoms with Crippen LogP contribution in [-0.4, -0.2) is 55.4 Å². The third-order valence-electron chi connectivity index (χ3n) is 3.44. The molecule has 0 amide bonds. The molecule has 5 nitrogen and oxygen atoms in total. The van der Waals surface area contributed by atoms with E-state index < -0.39 is 10.2 Å². The van der Waals surface area contributed by atoms with Crippen molar-refractivity contribution in [2.24, 2.45) is 5.92 Å². The van der Waals surface area contributed by atoms with Gasteiger partial charge in [0.25, 0.3) is 10.2 Å². The Labute approximate surface area is 105 Å². The van der Waals surface area contributed by atoms with Crippen LogP contribution in [0.4, 0.5) is 0 Å². The molecule has 2 unspecified atom stereocenters. The maximum Gasteiger partial charge on any atom is 0.281 e. The summed E-state index contributed by atoms with van der Waals surface area (Å²) in [5.74, 6) is 0.0878. The molecule has 1 fully saturated rings. The number of aliphatic hydroxyl groups excluding tert-OH is 1. The van der Waals surface area contributed by atoms with Crippen LogP contribution in [0.3, 0.4) is 0 Å². The van der Waals surface area contributed by atoms with Crippen LogP contribution in [0.2, 0.25) is 0 Å². The Morgan fingerprint density at radius 3 is 2.35 bits per heavy atom. The largest absolute Gasteiger partial charge is 0.393 e. The van der Waals surface area contributed by atoms with Crippen molar-refractivity contribution in [1.82, 2.24) is 8.61 Å². The van der Waals surface area contributed by atoms with Gasteiger partial charge in [-0.05, 0) is 25.2 Å². The minimum atomic E-state index is -3.36. The van der Waals surface area contributed by atoms with E-state index in [9.17, 15) is 13.5 Å². The molecule has 0 spiro atoms. The Balaban J connectivity index is 2.59. The van der Waals surface area contributed by atoms with Gasteiger partial charge < -0.3 is 5.11 Å². The molecule has 17 heavy (non-hydrogen) atoms. The first-order valence-electron chi connectivity index (χ1n) is 6.25. The normalized spacial score (nSPS) is 26.0. The van der Waals surface area contributed by atoms with Gasteiger partial charge in [-0.1, -0.05) is 13.3 Å². The van der Waals surface area contributed by atoms with E-state index in [0.717, 1.165) is 25.7 Å². The molecule has 0 heterocycles. The summed E-state index contributed by atoms with van der Waals surface area (Å²) < 4.78 is 26.9. The van der Waals surface area contributed by atoms with Crippen molar-refractivity contribution in [1.29, 1.82) is 0 Å². The predicted octanol–water partition coefficient (Wildman–Crippen LogP) is 0.666. The number of nitrogens with zero attached hydrogens (tertiary/aromatic N) is 2. The molecule has 1 N–H and O–H groups in total. The van der Waals surface area contributed by atoms with E-state index in [-0.39, 0.29) is 12.0 Å². The average Bonchev–Trinajstić information content (AvgIpc) is 2.64. The Bertz CT molecular complexity index is 332. The molecule has 1 saturated carbocycles. The van der Waals surface area contributed by atoms with Crippen molar-refractivity contribution in [3.63, 3.8) is 0 Å². The zero-order chi connectivity index (χ0) is 13.1. The minimum absolute atomic E-state index is 0.0878. The van der Waals surface area contributed by atoms with E-state index in [1.165, 1.54) is 8.61 Å². The van der Waals surface area contributed by atoms with Crippen LogP contribution < -0.4 is 0 Å². The quantitative estimate of drug-likeness (QED) is 0.767. The van der Waals surface area contributed by atoms with Gasteiger partial charge in [0.15, 0.2) is 0 Å². The van der Waals surface area contributed by atoms with E-state index in [1.807, 2.05) is 6.92 Å². The smallest absolute Gasteiger partial charge is 0.281 e. The number of hydrogen-bond acceptors (Lipinski definition) is 3. The van der Waals surface area contributed by atoms with Gasteiger partial charge >= 0.3 is 0 Å². The first-order chi connectivity index (χ1) is 7.89. The summed E-state index contributed by atoms with van der Waals surface area (Å²) in [5, 5.41) is 9.71. The minimum Gasteiger partial charge on any atom is -0.393 e. The maximum absolute atomic E-state index is 12.1. The third-order valence-corrected chi connectivity index (χ3v) is 5.34. The van der Waals surface area contributed by atoms with E-state index >= 15 is 0 Å². The van der Waals surface area contributed by atoms with Gasteiger partial charge in [-0.2, -0.15) is 17.0 Å². The van der Waals surface area contributed by atoms with E-state index in [0.29, 0.717) is 13.1 Å². The summed E-state index contributed by atoms with van der Waals surface area (Å²) in [4.78, 5) is 0. The fourth-order valence-corrected chi connectivity index (χ4v) is 3.59. The van der Waals surface area contributed by atoms with Crippen LogP contribution in [-0.2, 0) is 10.2 Å². The Morgan fingerprint density at radius 1 is 1.24 bits per heavy atom. The summed E-state index contributed by atoms with van der Waals surface area (Å²) in [7, 11) is -0.169. The highest BCUT2D eigenvalue weighted by molar-refractivity contribution is 7.86. The van der Waals surface area contributed by atoms with Crippen molar-refractivity contribution >= 4 is 10.2 Å². The van der Waals surface area contributed by atoms with E-state index in [4.69, 9.17) is 0 Å². The molecule has 0 radical (unpaired) electrons. The average molecular weight is 264 g/mol. The van der Waals surface area contributed by atoms with Crippen molar-refractivity contribution in [3.05, 3.63) is 0 Å². The lowest BCUT2D eigenvalue weighted by atomic mass is 10.1. The number of aliphatic hydroxyl groups is 1. The fraction of sp³-hybridized carbons (Fsp3) is 1.00. The summed E-state index contributed by atoms with van der Waals surface area (Å²) in [6.07, 6.45) is 3.16. The first-order valence-corrected chi connectivity index (χ1v) is 7.65. The van der Waals surface area contributed by atoms with Crippen LogP contribution in [0, 0.1) is 5.92 Å². The van der Waals surface area contributed by atoms with Gasteiger partial charge in [-0.3, -0.25) is 0 Å². The monoisotopic (exact) mass is 264 g/mol. The van der Waals surface area contributed by atoms with Gasteiger partial charge in [0.2, 0.25) is 0 Å². The zero-order valence-electron chi connectivity index (χ0n) is 11.0. The number of hydrogen-bond donors (Lipinski definition) is 1. The van der Waals surface area contributed by atoms with Gasteiger partial charge in [0.1, 0.15) is 0 Å². The second-order valence-corrected chi connectivity index (χ2v) is 7.01. The summed E-state index contributed by atoms with van der Waals surface area (Å²) in [6, 6.07) is 0. The molecule has 1 aliphatic carbocycles. The Morgan fingerprint density at radius 2 is 1.88 bits per heavy atom. The molecule has 0 aliphatic heterocycles. The first kappa shape index (κ1) is 14.9. The fourth-order valence-electron chi connectivity index (χ4n) is 2.32. The van der Waals surface area contributed by atoms with Crippen molar-refractivity contribution in [2.45, 2.75) is 38.7 Å². The highest BCUT2D eigenvalue weighted by Crippen LogP contribution is 2.26. The molecule has 102 valence electrons. The lowest BCUT2D eigenvalue weighted by Gasteiger charge is -2.27. The molecule has 6 heteroatoms. The summed E-state index contributed by atoms with van der Waals surface area (Å²) in [6.45, 7) is 2.89. The lowest BCUT2D eigenvalue weighted by molar-refractivity contribution is 0.122. The number of rotatable bonds is 6. The van der Waals surface area contributed by atoms with Gasteiger partial charge in [-0.15, -0.1) is 0 Å². The summed E-state index contributed by atoms with van der Waals surface area (Å²) in [5.41, 5.74) is 0. The van der Waals surface area contributed by atoms with Crippen molar-refractivity contribution in [3.8, 4) is 0 Å². The van der Waals surface area contributed by atoms with Crippen LogP contribution in [0.1, 0.15) is 32.6 Å². The van der Waals surface area contributed by atoms with Crippen LogP contribution in [0.15, 0.2) is 0 Å². The molecule has 0 aromatic heterocycles. The van der Waals surface area contributed by atoms with Gasteiger partial charge in [-0.25, -0.2) is 0 Å². The standard InChI is InChI=1S/C11H24N2O3S/c1-4-8-12(2)17(15,16)13(3)9-10-6-5-7-11(10)14/h10-11,14H,4-9H2,1-3H3. The van der Waals surface area contributed by atoms with E-state index in [1.54, 1.807) is 14.1 Å². The molecule has 1 rings (SSSR count). The van der Waals surface area contributed by atoms with Crippen LogP contribution in [0.25, 0.3) is 0 Å². The molecule has 0 aromatic rings. The SMILES string of the molecule is CCCN(C)S(=O)(=O)N(C)CC1CCCC1O. The third kappa shape index (κ3) is 3.64. The maximum atomic E-state index is 12.1. The molecular weight excluding hydrogens is 240 g/mol. The second-order valence-electron chi connectivity index (χ2n) is 4.87. The molecule has 0 bridgehead atoms. The zero-order valence-corrected chi connectivity index (χ0v) is 11.8. The summed E-state index contributed by atoms with van der Waals surface area (Å²) >= 11 is 0. The molecular formula is C11H24N2O3S. The lowest BCUT2D eigenvalue weighted by Crippen LogP contribution is -2.43. The van der Waals surface area contributed by atoms with Crippen molar-refractivity contribution < 1.29 is 13.5 Å². The Hall–Kier alpha value is -0.170. The van der Waals surface area contributed by atoms with Gasteiger partial charge in [0.05, 0.1) is 6.10 Å².